The lowest BCUT2D eigenvalue weighted by Crippen LogP contribution is -2.34. The van der Waals surface area contributed by atoms with Gasteiger partial charge in [0.25, 0.3) is 0 Å². The molecule has 0 aliphatic rings. The maximum atomic E-state index is 12.3. The first kappa shape index (κ1) is 14.7. The second kappa shape index (κ2) is 6.55. The number of nitrogens with two attached hydrogens (primary N) is 1. The summed E-state index contributed by atoms with van der Waals surface area (Å²) in [6.07, 6.45) is -4.42. The van der Waals surface area contributed by atoms with E-state index in [9.17, 15) is 13.2 Å². The molecule has 0 saturated heterocycles. The van der Waals surface area contributed by atoms with Crippen LogP contribution in [0.5, 0.6) is 0 Å². The number of aliphatic imine (C=N–C) groups is 1. The van der Waals surface area contributed by atoms with Crippen molar-refractivity contribution in [3.05, 3.63) is 16.1 Å². The summed E-state index contributed by atoms with van der Waals surface area (Å²) in [4.78, 5) is 7.30. The zero-order chi connectivity index (χ0) is 13.6. The van der Waals surface area contributed by atoms with Crippen molar-refractivity contribution < 1.29 is 17.9 Å². The summed E-state index contributed by atoms with van der Waals surface area (Å²) < 4.78 is 41.6. The quantitative estimate of drug-likeness (QED) is 0.484. The lowest BCUT2D eigenvalue weighted by molar-refractivity contribution is -0.140. The summed E-state index contributed by atoms with van der Waals surface area (Å²) in [5, 5.41) is 3.97. The summed E-state index contributed by atoms with van der Waals surface area (Å²) in [7, 11) is 1.54. The molecule has 0 fully saturated rings. The van der Waals surface area contributed by atoms with E-state index in [1.54, 1.807) is 7.11 Å². The van der Waals surface area contributed by atoms with Gasteiger partial charge in [-0.3, -0.25) is 0 Å². The highest BCUT2D eigenvalue weighted by Crippen LogP contribution is 2.30. The monoisotopic (exact) mass is 282 g/mol. The summed E-state index contributed by atoms with van der Waals surface area (Å²) >= 11 is 0.901. The van der Waals surface area contributed by atoms with Crippen LogP contribution in [-0.4, -0.2) is 31.2 Å². The number of thiazole rings is 1. The maximum absolute atomic E-state index is 12.3. The van der Waals surface area contributed by atoms with E-state index in [0.717, 1.165) is 16.7 Å². The van der Waals surface area contributed by atoms with Crippen LogP contribution in [0.25, 0.3) is 0 Å². The molecule has 1 heterocycles. The highest BCUT2D eigenvalue weighted by Gasteiger charge is 2.33. The van der Waals surface area contributed by atoms with Gasteiger partial charge in [0.1, 0.15) is 5.01 Å². The van der Waals surface area contributed by atoms with E-state index in [1.165, 1.54) is 0 Å². The van der Waals surface area contributed by atoms with Crippen molar-refractivity contribution in [3.63, 3.8) is 0 Å². The largest absolute Gasteiger partial charge is 0.434 e. The zero-order valence-corrected chi connectivity index (χ0v) is 10.4. The predicted molar refractivity (Wildman–Crippen MR) is 62.3 cm³/mol. The second-order valence-corrected chi connectivity index (χ2v) is 4.19. The third-order valence-electron chi connectivity index (χ3n) is 1.84. The van der Waals surface area contributed by atoms with Crippen LogP contribution in [0.15, 0.2) is 10.4 Å². The van der Waals surface area contributed by atoms with Crippen LogP contribution in [0.4, 0.5) is 13.2 Å². The number of rotatable bonds is 5. The number of alkyl halides is 3. The average molecular weight is 282 g/mol. The predicted octanol–water partition coefficient (Wildman–Crippen LogP) is 1.21. The van der Waals surface area contributed by atoms with Gasteiger partial charge in [0.15, 0.2) is 11.7 Å². The Morgan fingerprint density at radius 1 is 1.61 bits per heavy atom. The third-order valence-corrected chi connectivity index (χ3v) is 2.67. The molecule has 0 radical (unpaired) electrons. The molecule has 0 atom stereocenters. The smallest absolute Gasteiger partial charge is 0.383 e. The molecule has 3 N–H and O–H groups in total. The molecule has 0 aromatic carbocycles. The van der Waals surface area contributed by atoms with E-state index in [2.05, 4.69) is 15.3 Å². The molecule has 102 valence electrons. The van der Waals surface area contributed by atoms with Crippen molar-refractivity contribution in [1.82, 2.24) is 10.3 Å². The van der Waals surface area contributed by atoms with E-state index in [1.807, 2.05) is 0 Å². The number of nitrogens with zero attached hydrogens (tertiary/aromatic N) is 2. The molecule has 0 spiro atoms. The highest BCUT2D eigenvalue weighted by atomic mass is 32.1. The van der Waals surface area contributed by atoms with Gasteiger partial charge in [-0.25, -0.2) is 9.98 Å². The molecule has 1 rings (SSSR count). The fourth-order valence-electron chi connectivity index (χ4n) is 1.00. The zero-order valence-electron chi connectivity index (χ0n) is 9.62. The lowest BCUT2D eigenvalue weighted by atomic mass is 10.5. The van der Waals surface area contributed by atoms with Crippen molar-refractivity contribution >= 4 is 17.3 Å². The standard InChI is InChI=1S/C9H13F3N4OS/c1-17-3-2-14-8(13)15-4-7-16-6(5-18-7)9(10,11)12/h5H,2-4H2,1H3,(H3,13,14,15). The van der Waals surface area contributed by atoms with Gasteiger partial charge < -0.3 is 15.8 Å². The van der Waals surface area contributed by atoms with Crippen LogP contribution in [0.3, 0.4) is 0 Å². The van der Waals surface area contributed by atoms with Crippen LogP contribution >= 0.6 is 11.3 Å². The number of hydrogen-bond donors (Lipinski definition) is 2. The Kier molecular flexibility index (Phi) is 5.35. The minimum absolute atomic E-state index is 0.0204. The third kappa shape index (κ3) is 4.88. The number of nitrogens with one attached hydrogen (secondary N) is 1. The Morgan fingerprint density at radius 3 is 2.89 bits per heavy atom. The molecular weight excluding hydrogens is 269 g/mol. The second-order valence-electron chi connectivity index (χ2n) is 3.25. The number of halogens is 3. The first-order chi connectivity index (χ1) is 8.43. The minimum atomic E-state index is -4.42. The number of ether oxygens (including phenoxy) is 1. The van der Waals surface area contributed by atoms with Gasteiger partial charge in [-0.2, -0.15) is 13.2 Å². The lowest BCUT2D eigenvalue weighted by Gasteiger charge is -2.03. The summed E-state index contributed by atoms with van der Waals surface area (Å²) in [6.45, 7) is 0.968. The first-order valence-electron chi connectivity index (χ1n) is 4.98. The van der Waals surface area contributed by atoms with Crippen molar-refractivity contribution in [2.24, 2.45) is 10.7 Å². The minimum Gasteiger partial charge on any atom is -0.383 e. The van der Waals surface area contributed by atoms with Crippen LogP contribution in [0.1, 0.15) is 10.7 Å². The normalized spacial score (nSPS) is 12.8. The highest BCUT2D eigenvalue weighted by molar-refractivity contribution is 7.09. The van der Waals surface area contributed by atoms with Gasteiger partial charge in [-0.15, -0.1) is 11.3 Å². The van der Waals surface area contributed by atoms with Gasteiger partial charge in [0.05, 0.1) is 13.2 Å². The maximum Gasteiger partial charge on any atom is 0.434 e. The number of aromatic nitrogens is 1. The van der Waals surface area contributed by atoms with E-state index in [0.29, 0.717) is 13.2 Å². The molecule has 0 amide bonds. The number of guanidine groups is 1. The van der Waals surface area contributed by atoms with Crippen molar-refractivity contribution in [3.8, 4) is 0 Å². The molecule has 0 aliphatic heterocycles. The van der Waals surface area contributed by atoms with Crippen LogP contribution in [0, 0.1) is 0 Å². The Balaban J connectivity index is 2.48. The fourth-order valence-corrected chi connectivity index (χ4v) is 1.73. The Morgan fingerprint density at radius 2 is 2.33 bits per heavy atom. The van der Waals surface area contributed by atoms with Gasteiger partial charge in [-0.1, -0.05) is 0 Å². The molecule has 18 heavy (non-hydrogen) atoms. The molecule has 0 aliphatic carbocycles. The van der Waals surface area contributed by atoms with Gasteiger partial charge in [0.2, 0.25) is 0 Å². The van der Waals surface area contributed by atoms with Crippen molar-refractivity contribution in [2.75, 3.05) is 20.3 Å². The molecule has 0 bridgehead atoms. The topological polar surface area (TPSA) is 72.5 Å². The SMILES string of the molecule is COCCNC(N)=NCc1nc(C(F)(F)F)cs1. The Labute approximate surface area is 106 Å². The average Bonchev–Trinajstić information content (AvgIpc) is 2.75. The molecule has 9 heteroatoms. The molecule has 0 saturated carbocycles. The van der Waals surface area contributed by atoms with E-state index in [-0.39, 0.29) is 17.5 Å². The first-order valence-corrected chi connectivity index (χ1v) is 5.85. The van der Waals surface area contributed by atoms with E-state index >= 15 is 0 Å². The number of hydrogen-bond acceptors (Lipinski definition) is 4. The summed E-state index contributed by atoms with van der Waals surface area (Å²) in [6, 6.07) is 0. The molecule has 0 unspecified atom stereocenters. The van der Waals surface area contributed by atoms with Gasteiger partial charge in [0, 0.05) is 19.0 Å². The van der Waals surface area contributed by atoms with Crippen LogP contribution in [0.2, 0.25) is 0 Å². The molecule has 5 nitrogen and oxygen atoms in total. The van der Waals surface area contributed by atoms with Gasteiger partial charge >= 0.3 is 6.18 Å². The van der Waals surface area contributed by atoms with Gasteiger partial charge in [-0.05, 0) is 0 Å². The molecule has 1 aromatic heterocycles. The summed E-state index contributed by atoms with van der Waals surface area (Å²) in [5.74, 6) is 0.149. The summed E-state index contributed by atoms with van der Waals surface area (Å²) in [5.41, 5.74) is 4.59. The van der Waals surface area contributed by atoms with Crippen molar-refractivity contribution in [1.29, 1.82) is 0 Å². The van der Waals surface area contributed by atoms with E-state index < -0.39 is 11.9 Å². The van der Waals surface area contributed by atoms with E-state index in [4.69, 9.17) is 10.5 Å². The molecular formula is C9H13F3N4OS. The Bertz CT molecular complexity index is 405. The fraction of sp³-hybridized carbons (Fsp3) is 0.556. The van der Waals surface area contributed by atoms with Crippen LogP contribution < -0.4 is 11.1 Å². The molecule has 1 aromatic rings. The van der Waals surface area contributed by atoms with Crippen LogP contribution in [-0.2, 0) is 17.5 Å². The van der Waals surface area contributed by atoms with Crippen molar-refractivity contribution in [2.45, 2.75) is 12.7 Å². The Hall–Kier alpha value is -1.35. The number of methoxy groups -OCH3 is 1.